The van der Waals surface area contributed by atoms with Crippen LogP contribution in [0.5, 0.6) is 0 Å². The third-order valence-electron chi connectivity index (χ3n) is 0. The van der Waals surface area contributed by atoms with Crippen molar-refractivity contribution in [2.75, 3.05) is 0 Å². The van der Waals surface area contributed by atoms with Gasteiger partial charge < -0.3 is 11.6 Å². The molecule has 0 fully saturated rings. The van der Waals surface area contributed by atoms with Crippen molar-refractivity contribution in [3.63, 3.8) is 0 Å². The monoisotopic (exact) mass is 209 g/mol. The molecule has 0 aliphatic carbocycles. The third kappa shape index (κ3) is 9.95. The second kappa shape index (κ2) is 25.7. The molecule has 0 unspecified atom stereocenters. The van der Waals surface area contributed by atoms with E-state index in [1.54, 1.807) is 0 Å². The molecule has 0 radical (unpaired) electrons. The van der Waals surface area contributed by atoms with E-state index in [2.05, 4.69) is 0 Å². The Hall–Kier alpha value is 1.41. The summed E-state index contributed by atoms with van der Waals surface area (Å²) < 4.78 is 0. The fourth-order valence-corrected chi connectivity index (χ4v) is 0. The van der Waals surface area contributed by atoms with Crippen molar-refractivity contribution in [2.45, 2.75) is 0 Å². The molecule has 0 aliphatic rings. The van der Waals surface area contributed by atoms with Crippen molar-refractivity contribution in [1.82, 2.24) is 0 Å². The number of hydrogen-bond acceptors (Lipinski definition) is 0. The molecule has 2 nitrogen and oxygen atoms in total. The molecular formula is InNOZn. The third-order valence-corrected chi connectivity index (χ3v) is 0. The van der Waals surface area contributed by atoms with Crippen LogP contribution in [0.2, 0.25) is 0 Å². The number of rotatable bonds is 0. The van der Waals surface area contributed by atoms with Gasteiger partial charge in [-0.1, -0.05) is 0 Å². The molecule has 0 aromatic rings. The van der Waals surface area contributed by atoms with Gasteiger partial charge in [-0.2, -0.15) is 0 Å². The second-order valence-corrected chi connectivity index (χ2v) is 0. The van der Waals surface area contributed by atoms with E-state index >= 15 is 0 Å². The van der Waals surface area contributed by atoms with E-state index in [-0.39, 0.29) is 56.9 Å². The van der Waals surface area contributed by atoms with E-state index in [1.165, 1.54) is 0 Å². The van der Waals surface area contributed by atoms with Gasteiger partial charge in [0.25, 0.3) is 0 Å². The molecule has 0 amide bonds. The Kier molecular flexibility index (Phi) is 340. The van der Waals surface area contributed by atoms with Crippen LogP contribution in [0, 0.1) is 0 Å². The first-order valence-electron chi connectivity index (χ1n) is 0. The van der Waals surface area contributed by atoms with E-state index in [0.717, 1.165) is 0 Å². The first-order valence-corrected chi connectivity index (χ1v) is 0. The zero-order chi connectivity index (χ0) is 0. The second-order valence-electron chi connectivity index (χ2n) is 0. The fourth-order valence-electron chi connectivity index (χ4n) is 0. The van der Waals surface area contributed by atoms with Crippen LogP contribution in [0.25, 0.3) is 6.15 Å². The molecule has 16 valence electrons. The zero-order valence-electron chi connectivity index (χ0n) is 2.14. The maximum atomic E-state index is 0. The van der Waals surface area contributed by atoms with Gasteiger partial charge in [0.1, 0.15) is 0 Å². The van der Waals surface area contributed by atoms with Crippen molar-refractivity contribution in [2.24, 2.45) is 0 Å². The predicted molar refractivity (Wildman–Crippen MR) is 9.80 cm³/mol. The largest absolute Gasteiger partial charge is 3.00 e. The van der Waals surface area contributed by atoms with Gasteiger partial charge in [-0.25, -0.2) is 0 Å². The molecule has 0 saturated carbocycles. The molecule has 0 saturated heterocycles. The van der Waals surface area contributed by atoms with Gasteiger partial charge >= 0.3 is 45.3 Å². The predicted octanol–water partition coefficient (Wildman–Crippen LogP) is -0.213. The molecule has 4 heavy (non-hydrogen) atoms. The fraction of sp³-hybridized carbons (Fsp3) is 0. The molecule has 0 aromatic carbocycles. The van der Waals surface area contributed by atoms with Gasteiger partial charge in [-0.15, -0.1) is 0 Å². The summed E-state index contributed by atoms with van der Waals surface area (Å²) in [4.78, 5) is 0. The van der Waals surface area contributed by atoms with Crippen LogP contribution in [-0.4, -0.2) is 25.8 Å². The summed E-state index contributed by atoms with van der Waals surface area (Å²) in [6.45, 7) is 0. The average Bonchev–Trinajstić information content (AvgIpc) is 0. The summed E-state index contributed by atoms with van der Waals surface area (Å²) in [5, 5.41) is 0. The zero-order valence-corrected chi connectivity index (χ0v) is 8.40. The van der Waals surface area contributed by atoms with Gasteiger partial charge in [0.2, 0.25) is 0 Å². The molecule has 0 aromatic heterocycles. The molecule has 0 bridgehead atoms. The Morgan fingerprint density at radius 2 is 1.00 bits per heavy atom. The van der Waals surface area contributed by atoms with Gasteiger partial charge in [-0.05, 0) is 0 Å². The van der Waals surface area contributed by atoms with Crippen molar-refractivity contribution in [1.29, 1.82) is 0 Å². The van der Waals surface area contributed by atoms with Crippen molar-refractivity contribution in [3.05, 3.63) is 6.15 Å². The van der Waals surface area contributed by atoms with Crippen LogP contribution in [0.1, 0.15) is 0 Å². The average molecular weight is 210 g/mol. The first kappa shape index (κ1) is 52.8. The Balaban J connectivity index is 0. The number of nitrogens with zero attached hydrogens (tertiary/aromatic N) is 1. The Morgan fingerprint density at radius 3 is 1.00 bits per heavy atom. The Labute approximate surface area is 56.8 Å². The maximum absolute atomic E-state index is 0. The minimum atomic E-state index is 0. The van der Waals surface area contributed by atoms with E-state index in [0.29, 0.717) is 0 Å². The van der Waals surface area contributed by atoms with E-state index in [4.69, 9.17) is 0 Å². The maximum Gasteiger partial charge on any atom is 3.00 e. The summed E-state index contributed by atoms with van der Waals surface area (Å²) in [5.41, 5.74) is 0. The van der Waals surface area contributed by atoms with Gasteiger partial charge in [-0.3, -0.25) is 0 Å². The van der Waals surface area contributed by atoms with Crippen molar-refractivity contribution < 1.29 is 25.0 Å². The summed E-state index contributed by atoms with van der Waals surface area (Å²) in [6.07, 6.45) is 0. The first-order chi connectivity index (χ1) is 0. The molecule has 0 atom stereocenters. The topological polar surface area (TPSA) is 59.0 Å². The molecule has 0 aliphatic heterocycles. The molecule has 0 N–H and O–H groups in total. The Bertz CT molecular complexity index is 8.00. The summed E-state index contributed by atoms with van der Waals surface area (Å²) in [7, 11) is 0. The molecule has 0 rings (SSSR count). The minimum Gasteiger partial charge on any atom is -3.00 e. The quantitative estimate of drug-likeness (QED) is 0.497. The Morgan fingerprint density at radius 1 is 1.00 bits per heavy atom. The smallest absolute Gasteiger partial charge is 3.00 e. The van der Waals surface area contributed by atoms with Crippen LogP contribution in [0.4, 0.5) is 0 Å². The summed E-state index contributed by atoms with van der Waals surface area (Å²) in [5.74, 6) is 0. The van der Waals surface area contributed by atoms with E-state index in [9.17, 15) is 0 Å². The van der Waals surface area contributed by atoms with Crippen LogP contribution < -0.4 is 0 Å². The van der Waals surface area contributed by atoms with Crippen LogP contribution in [-0.2, 0) is 25.0 Å². The SMILES string of the molecule is [In+3].[N-3].[O-2].[Zn+2]. The molecule has 4 heteroatoms. The molecular weight excluding hydrogens is 210 g/mol. The van der Waals surface area contributed by atoms with Crippen molar-refractivity contribution in [3.8, 4) is 0 Å². The summed E-state index contributed by atoms with van der Waals surface area (Å²) in [6, 6.07) is 0. The number of hydrogen-bond donors (Lipinski definition) is 0. The standard InChI is InChI=1S/In.N.O.Zn/q+3;-3;-2;+2. The molecule has 0 heterocycles. The van der Waals surface area contributed by atoms with Crippen LogP contribution in [0.3, 0.4) is 0 Å². The minimum absolute atomic E-state index is 0. The van der Waals surface area contributed by atoms with Gasteiger partial charge in [0.05, 0.1) is 0 Å². The normalized spacial score (nSPS) is 0. The van der Waals surface area contributed by atoms with Crippen molar-refractivity contribution >= 4 is 25.8 Å². The van der Waals surface area contributed by atoms with E-state index in [1.807, 2.05) is 0 Å². The van der Waals surface area contributed by atoms with Crippen LogP contribution >= 0.6 is 0 Å². The van der Waals surface area contributed by atoms with E-state index < -0.39 is 0 Å². The molecule has 0 spiro atoms. The summed E-state index contributed by atoms with van der Waals surface area (Å²) >= 11 is 0. The van der Waals surface area contributed by atoms with Gasteiger partial charge in [0.15, 0.2) is 0 Å². The van der Waals surface area contributed by atoms with Crippen LogP contribution in [0.15, 0.2) is 0 Å². The van der Waals surface area contributed by atoms with Gasteiger partial charge in [0, 0.05) is 0 Å².